The Balaban J connectivity index is -0.000000201. The van der Waals surface area contributed by atoms with Crippen LogP contribution in [-0.2, 0) is 6.42 Å². The van der Waals surface area contributed by atoms with Crippen molar-refractivity contribution in [1.29, 1.82) is 0 Å². The third-order valence-corrected chi connectivity index (χ3v) is 4.35. The van der Waals surface area contributed by atoms with Crippen LogP contribution in [0.5, 0.6) is 0 Å². The lowest BCUT2D eigenvalue weighted by Gasteiger charge is -2.19. The van der Waals surface area contributed by atoms with Gasteiger partial charge in [0.2, 0.25) is 0 Å². The van der Waals surface area contributed by atoms with Gasteiger partial charge in [-0.1, -0.05) is 123 Å². The van der Waals surface area contributed by atoms with Crippen molar-refractivity contribution >= 4 is 11.6 Å². The van der Waals surface area contributed by atoms with Crippen molar-refractivity contribution in [3.8, 4) is 0 Å². The third kappa shape index (κ3) is 24.4. The van der Waals surface area contributed by atoms with E-state index in [-0.39, 0.29) is 0 Å². The van der Waals surface area contributed by atoms with Crippen LogP contribution < -0.4 is 5.32 Å². The molecule has 0 amide bonds. The molecule has 0 fully saturated rings. The average molecular weight is 450 g/mol. The summed E-state index contributed by atoms with van der Waals surface area (Å²) in [5, 5.41) is 4.12. The van der Waals surface area contributed by atoms with Crippen LogP contribution in [-0.4, -0.2) is 6.04 Å². The molecule has 0 radical (unpaired) electrons. The van der Waals surface area contributed by atoms with Gasteiger partial charge in [0.25, 0.3) is 0 Å². The third-order valence-electron chi connectivity index (χ3n) is 3.82. The predicted octanol–water partition coefficient (Wildman–Crippen LogP) is 10.3. The fourth-order valence-electron chi connectivity index (χ4n) is 2.20. The van der Waals surface area contributed by atoms with E-state index in [0.29, 0.717) is 11.1 Å². The number of allylic oxidation sites excluding steroid dienone is 3. The van der Waals surface area contributed by atoms with Gasteiger partial charge in [0, 0.05) is 6.04 Å². The second-order valence-corrected chi connectivity index (χ2v) is 7.03. The van der Waals surface area contributed by atoms with E-state index in [1.807, 2.05) is 26.8 Å². The van der Waals surface area contributed by atoms with Crippen LogP contribution in [0.2, 0.25) is 0 Å². The molecule has 0 aliphatic carbocycles. The number of aryl methyl sites for hydroxylation is 1. The van der Waals surface area contributed by atoms with E-state index in [1.54, 1.807) is 6.08 Å². The van der Waals surface area contributed by atoms with Gasteiger partial charge in [-0.3, -0.25) is 0 Å². The number of rotatable bonds is 9. The monoisotopic (exact) mass is 449 g/mol. The molecular weight excluding hydrogens is 398 g/mol. The van der Waals surface area contributed by atoms with Gasteiger partial charge in [0.05, 0.1) is 10.7 Å². The fraction of sp³-hybridized carbons (Fsp3) is 0.517. The van der Waals surface area contributed by atoms with Gasteiger partial charge in [-0.25, -0.2) is 0 Å². The lowest BCUT2D eigenvalue weighted by atomic mass is 10.1. The SMILES string of the molecule is C=C.C=C/C(NC(CC)CCCC)=C(/Cl)C(=C)C.CC.CCC.CCc1ccccc1. The van der Waals surface area contributed by atoms with Crippen LogP contribution >= 0.6 is 11.6 Å². The first-order chi connectivity index (χ1) is 14.9. The molecule has 1 N–H and O–H groups in total. The minimum Gasteiger partial charge on any atom is -0.381 e. The van der Waals surface area contributed by atoms with Crippen molar-refractivity contribution in [3.63, 3.8) is 0 Å². The van der Waals surface area contributed by atoms with E-state index in [0.717, 1.165) is 24.1 Å². The van der Waals surface area contributed by atoms with Crippen molar-refractivity contribution in [1.82, 2.24) is 5.32 Å². The normalized spacial score (nSPS) is 10.5. The Morgan fingerprint density at radius 1 is 1.03 bits per heavy atom. The van der Waals surface area contributed by atoms with Crippen LogP contribution in [0, 0.1) is 0 Å². The first-order valence-corrected chi connectivity index (χ1v) is 12.3. The summed E-state index contributed by atoms with van der Waals surface area (Å²) in [5.74, 6) is 0. The largest absolute Gasteiger partial charge is 0.381 e. The molecule has 1 aromatic rings. The van der Waals surface area contributed by atoms with Crippen LogP contribution in [0.1, 0.15) is 93.1 Å². The van der Waals surface area contributed by atoms with Crippen LogP contribution in [0.3, 0.4) is 0 Å². The van der Waals surface area contributed by atoms with Crippen molar-refractivity contribution < 1.29 is 0 Å². The zero-order chi connectivity index (χ0) is 25.1. The molecule has 0 aliphatic heterocycles. The summed E-state index contributed by atoms with van der Waals surface area (Å²) in [6.07, 6.45) is 8.88. The second kappa shape index (κ2) is 30.5. The van der Waals surface area contributed by atoms with E-state index in [1.165, 1.54) is 31.2 Å². The molecule has 0 bridgehead atoms. The molecule has 0 saturated heterocycles. The summed E-state index contributed by atoms with van der Waals surface area (Å²) in [6, 6.07) is 10.9. The van der Waals surface area contributed by atoms with E-state index in [9.17, 15) is 0 Å². The highest BCUT2D eigenvalue weighted by Crippen LogP contribution is 2.18. The maximum Gasteiger partial charge on any atom is 0.0660 e. The molecule has 0 aliphatic rings. The highest BCUT2D eigenvalue weighted by atomic mass is 35.5. The number of halogens is 1. The molecule has 2 heteroatoms. The molecule has 1 rings (SSSR count). The van der Waals surface area contributed by atoms with Crippen LogP contribution in [0.25, 0.3) is 0 Å². The smallest absolute Gasteiger partial charge is 0.0660 e. The average Bonchev–Trinajstić information content (AvgIpc) is 2.83. The summed E-state index contributed by atoms with van der Waals surface area (Å²) >= 11 is 6.16. The molecule has 1 unspecified atom stereocenters. The summed E-state index contributed by atoms with van der Waals surface area (Å²) in [7, 11) is 0. The summed E-state index contributed by atoms with van der Waals surface area (Å²) in [4.78, 5) is 0. The molecule has 1 nitrogen and oxygen atoms in total. The molecular formula is C29H52ClN. The van der Waals surface area contributed by atoms with E-state index >= 15 is 0 Å². The lowest BCUT2D eigenvalue weighted by Crippen LogP contribution is -2.27. The number of hydrogen-bond acceptors (Lipinski definition) is 1. The molecule has 0 saturated carbocycles. The van der Waals surface area contributed by atoms with Gasteiger partial charge in [0.15, 0.2) is 0 Å². The maximum atomic E-state index is 6.16. The topological polar surface area (TPSA) is 12.0 Å². The molecule has 180 valence electrons. The second-order valence-electron chi connectivity index (χ2n) is 6.65. The minimum absolute atomic E-state index is 0.473. The van der Waals surface area contributed by atoms with Crippen LogP contribution in [0.4, 0.5) is 0 Å². The number of benzene rings is 1. The Hall–Kier alpha value is -1.73. The van der Waals surface area contributed by atoms with Crippen LogP contribution in [0.15, 0.2) is 79.0 Å². The van der Waals surface area contributed by atoms with Gasteiger partial charge in [0.1, 0.15) is 0 Å². The zero-order valence-corrected chi connectivity index (χ0v) is 22.7. The highest BCUT2D eigenvalue weighted by Gasteiger charge is 2.08. The molecule has 1 atom stereocenters. The van der Waals surface area contributed by atoms with Crippen molar-refractivity contribution in [2.75, 3.05) is 0 Å². The number of hydrogen-bond donors (Lipinski definition) is 1. The lowest BCUT2D eigenvalue weighted by molar-refractivity contribution is 0.495. The van der Waals surface area contributed by atoms with E-state index in [2.05, 4.69) is 90.5 Å². The fourth-order valence-corrected chi connectivity index (χ4v) is 2.34. The molecule has 0 spiro atoms. The zero-order valence-electron chi connectivity index (χ0n) is 22.0. The standard InChI is InChI=1S/C14H24ClN.C8H10.C3H8.C2H6.C2H4/c1-6-9-10-12(7-2)16-13(8-3)14(15)11(4)5;1-2-8-6-4-3-5-7-8;1-3-2;2*1-2/h8,12,16H,3-4,6-7,9-10H2,1-2,5H3;3-7H,2H2,1H3;3H2,1-2H3;1-2H3;1-2H2/b14-13-;;;;. The minimum atomic E-state index is 0.473. The Kier molecular flexibility index (Phi) is 36.0. The Labute approximate surface area is 201 Å². The maximum absolute atomic E-state index is 6.16. The Morgan fingerprint density at radius 3 is 1.81 bits per heavy atom. The summed E-state index contributed by atoms with van der Waals surface area (Å²) in [6.45, 7) is 30.3. The van der Waals surface area contributed by atoms with Gasteiger partial charge >= 0.3 is 0 Å². The van der Waals surface area contributed by atoms with E-state index < -0.39 is 0 Å². The number of nitrogens with one attached hydrogen (secondary N) is 1. The van der Waals surface area contributed by atoms with Gasteiger partial charge in [-0.05, 0) is 43.4 Å². The van der Waals surface area contributed by atoms with Gasteiger partial charge in [-0.15, -0.1) is 13.2 Å². The number of unbranched alkanes of at least 4 members (excludes halogenated alkanes) is 1. The molecule has 1 aromatic carbocycles. The Bertz CT molecular complexity index is 531. The summed E-state index contributed by atoms with van der Waals surface area (Å²) in [5.41, 5.74) is 3.18. The molecule has 31 heavy (non-hydrogen) atoms. The van der Waals surface area contributed by atoms with Crippen molar-refractivity contribution in [2.45, 2.75) is 100.0 Å². The first kappa shape index (κ1) is 36.6. The molecule has 0 heterocycles. The first-order valence-electron chi connectivity index (χ1n) is 11.9. The highest BCUT2D eigenvalue weighted by molar-refractivity contribution is 6.32. The van der Waals surface area contributed by atoms with Crippen molar-refractivity contribution in [2.24, 2.45) is 0 Å². The molecule has 0 aromatic heterocycles. The Morgan fingerprint density at radius 2 is 1.52 bits per heavy atom. The van der Waals surface area contributed by atoms with Gasteiger partial charge in [-0.2, -0.15) is 0 Å². The predicted molar refractivity (Wildman–Crippen MR) is 149 cm³/mol. The van der Waals surface area contributed by atoms with Crippen molar-refractivity contribution in [3.05, 3.63) is 84.6 Å². The van der Waals surface area contributed by atoms with E-state index in [4.69, 9.17) is 11.6 Å². The summed E-state index contributed by atoms with van der Waals surface area (Å²) < 4.78 is 0. The van der Waals surface area contributed by atoms with Gasteiger partial charge < -0.3 is 5.32 Å². The quantitative estimate of drug-likeness (QED) is 0.292.